The summed E-state index contributed by atoms with van der Waals surface area (Å²) in [6.07, 6.45) is 9.59. The van der Waals surface area contributed by atoms with Crippen LogP contribution in [0, 0.1) is 31.6 Å². The number of benzene rings is 1. The average molecular weight is 503 g/mol. The fourth-order valence-corrected chi connectivity index (χ4v) is 6.84. The first-order valence-corrected chi connectivity index (χ1v) is 14.3. The lowest BCUT2D eigenvalue weighted by molar-refractivity contribution is -0.123. The van der Waals surface area contributed by atoms with Crippen molar-refractivity contribution in [1.29, 1.82) is 0 Å². The van der Waals surface area contributed by atoms with Crippen LogP contribution in [-0.4, -0.2) is 59.3 Å². The van der Waals surface area contributed by atoms with Crippen molar-refractivity contribution in [3.8, 4) is 0 Å². The Morgan fingerprint density at radius 2 is 1.68 bits per heavy atom. The van der Waals surface area contributed by atoms with Gasteiger partial charge in [-0.2, -0.15) is 0 Å². The number of pyridine rings is 1. The van der Waals surface area contributed by atoms with Crippen LogP contribution >= 0.6 is 0 Å². The van der Waals surface area contributed by atoms with Crippen LogP contribution in [0.4, 0.5) is 0 Å². The predicted molar refractivity (Wildman–Crippen MR) is 146 cm³/mol. The second-order valence-corrected chi connectivity index (χ2v) is 11.6. The van der Waals surface area contributed by atoms with E-state index >= 15 is 0 Å². The molecule has 2 amide bonds. The van der Waals surface area contributed by atoms with Gasteiger partial charge >= 0.3 is 0 Å². The molecule has 5 rings (SSSR count). The lowest BCUT2D eigenvalue weighted by atomic mass is 9.86. The van der Waals surface area contributed by atoms with Gasteiger partial charge in [0.1, 0.15) is 0 Å². The molecule has 1 N–H and O–H groups in total. The molecule has 0 radical (unpaired) electrons. The highest BCUT2D eigenvalue weighted by atomic mass is 16.2. The van der Waals surface area contributed by atoms with Gasteiger partial charge in [-0.3, -0.25) is 14.6 Å². The Bertz CT molecular complexity index is 1050. The van der Waals surface area contributed by atoms with E-state index in [2.05, 4.69) is 39.5 Å². The van der Waals surface area contributed by atoms with Crippen molar-refractivity contribution in [2.75, 3.05) is 32.7 Å². The molecule has 0 bridgehead atoms. The summed E-state index contributed by atoms with van der Waals surface area (Å²) in [5.41, 5.74) is 3.79. The van der Waals surface area contributed by atoms with Crippen molar-refractivity contribution in [1.82, 2.24) is 20.1 Å². The summed E-state index contributed by atoms with van der Waals surface area (Å²) >= 11 is 0. The second-order valence-electron chi connectivity index (χ2n) is 11.6. The molecule has 2 saturated heterocycles. The van der Waals surface area contributed by atoms with Gasteiger partial charge in [0.05, 0.1) is 17.3 Å². The van der Waals surface area contributed by atoms with E-state index < -0.39 is 0 Å². The van der Waals surface area contributed by atoms with Crippen LogP contribution in [0.3, 0.4) is 0 Å². The zero-order chi connectivity index (χ0) is 25.8. The number of aromatic nitrogens is 1. The predicted octanol–water partition coefficient (Wildman–Crippen LogP) is 4.92. The SMILES string of the molecule is Cc1ccnc(C)c1C(=O)N1CC2CN(CCC(NC(=O)CC3CCCCC3)c3ccccc3)CC2C1. The van der Waals surface area contributed by atoms with Crippen LogP contribution in [0.2, 0.25) is 0 Å². The number of hydrogen-bond acceptors (Lipinski definition) is 4. The molecule has 6 heteroatoms. The van der Waals surface area contributed by atoms with Crippen LogP contribution in [-0.2, 0) is 4.79 Å². The molecule has 1 aromatic heterocycles. The number of rotatable bonds is 8. The smallest absolute Gasteiger partial charge is 0.255 e. The molecule has 1 saturated carbocycles. The molecule has 37 heavy (non-hydrogen) atoms. The van der Waals surface area contributed by atoms with E-state index in [1.54, 1.807) is 6.20 Å². The van der Waals surface area contributed by atoms with E-state index in [1.807, 2.05) is 30.9 Å². The highest BCUT2D eigenvalue weighted by molar-refractivity contribution is 5.96. The van der Waals surface area contributed by atoms with Crippen LogP contribution in [0.5, 0.6) is 0 Å². The Morgan fingerprint density at radius 3 is 2.35 bits per heavy atom. The number of hydrogen-bond donors (Lipinski definition) is 1. The standard InChI is InChI=1S/C31H42N4O2/c1-22-13-15-32-23(2)30(22)31(37)35-20-26-18-34(19-27(26)21-35)16-14-28(25-11-7-4-8-12-25)33-29(36)17-24-9-5-3-6-10-24/h4,7-8,11-13,15,24,26-28H,3,5-6,9-10,14,16-21H2,1-2H3,(H,33,36). The number of aryl methyl sites for hydroxylation is 2. The van der Waals surface area contributed by atoms with E-state index in [1.165, 1.54) is 37.7 Å². The summed E-state index contributed by atoms with van der Waals surface area (Å²) in [5, 5.41) is 3.38. The van der Waals surface area contributed by atoms with Crippen LogP contribution in [0.15, 0.2) is 42.6 Å². The van der Waals surface area contributed by atoms with E-state index in [4.69, 9.17) is 0 Å². The van der Waals surface area contributed by atoms with Crippen molar-refractivity contribution in [3.63, 3.8) is 0 Å². The molecule has 3 aliphatic rings. The quantitative estimate of drug-likeness (QED) is 0.557. The second kappa shape index (κ2) is 11.8. The number of carbonyl (C=O) groups excluding carboxylic acids is 2. The van der Waals surface area contributed by atoms with Crippen LogP contribution in [0.25, 0.3) is 0 Å². The third-order valence-corrected chi connectivity index (χ3v) is 8.88. The first-order valence-electron chi connectivity index (χ1n) is 14.3. The van der Waals surface area contributed by atoms with Crippen molar-refractivity contribution in [3.05, 3.63) is 65.0 Å². The number of nitrogens with one attached hydrogen (secondary N) is 1. The molecule has 6 nitrogen and oxygen atoms in total. The van der Waals surface area contributed by atoms with E-state index in [9.17, 15) is 9.59 Å². The highest BCUT2D eigenvalue weighted by Gasteiger charge is 2.42. The zero-order valence-corrected chi connectivity index (χ0v) is 22.5. The van der Waals surface area contributed by atoms with Gasteiger partial charge < -0.3 is 15.1 Å². The minimum absolute atomic E-state index is 0.0485. The van der Waals surface area contributed by atoms with Gasteiger partial charge in [0, 0.05) is 45.3 Å². The van der Waals surface area contributed by atoms with E-state index in [0.29, 0.717) is 24.2 Å². The van der Waals surface area contributed by atoms with Gasteiger partial charge in [0.15, 0.2) is 0 Å². The first kappa shape index (κ1) is 25.9. The van der Waals surface area contributed by atoms with Gasteiger partial charge in [-0.15, -0.1) is 0 Å². The summed E-state index contributed by atoms with van der Waals surface area (Å²) in [7, 11) is 0. The van der Waals surface area contributed by atoms with Crippen molar-refractivity contribution >= 4 is 11.8 Å². The maximum atomic E-state index is 13.3. The third-order valence-electron chi connectivity index (χ3n) is 8.88. The number of amides is 2. The molecule has 3 fully saturated rings. The molecule has 198 valence electrons. The summed E-state index contributed by atoms with van der Waals surface area (Å²) in [5.74, 6) is 1.94. The minimum atomic E-state index is 0.0485. The fourth-order valence-electron chi connectivity index (χ4n) is 6.84. The topological polar surface area (TPSA) is 65.5 Å². The minimum Gasteiger partial charge on any atom is -0.349 e. The number of nitrogens with zero attached hydrogens (tertiary/aromatic N) is 3. The first-order chi connectivity index (χ1) is 18.0. The summed E-state index contributed by atoms with van der Waals surface area (Å²) < 4.78 is 0. The van der Waals surface area contributed by atoms with Gasteiger partial charge in [0.2, 0.25) is 5.91 Å². The number of likely N-dealkylation sites (tertiary alicyclic amines) is 2. The van der Waals surface area contributed by atoms with Crippen molar-refractivity contribution in [2.45, 2.75) is 64.8 Å². The molecule has 3 heterocycles. The zero-order valence-electron chi connectivity index (χ0n) is 22.5. The molecule has 3 atom stereocenters. The summed E-state index contributed by atoms with van der Waals surface area (Å²) in [6, 6.07) is 12.4. The summed E-state index contributed by atoms with van der Waals surface area (Å²) in [4.78, 5) is 35.1. The van der Waals surface area contributed by atoms with Gasteiger partial charge in [-0.25, -0.2) is 0 Å². The average Bonchev–Trinajstić information content (AvgIpc) is 3.47. The Hall–Kier alpha value is -2.73. The Morgan fingerprint density at radius 1 is 0.973 bits per heavy atom. The molecular weight excluding hydrogens is 460 g/mol. The molecule has 3 unspecified atom stereocenters. The lowest BCUT2D eigenvalue weighted by Crippen LogP contribution is -2.36. The molecule has 2 aromatic rings. The third kappa shape index (κ3) is 6.23. The van der Waals surface area contributed by atoms with Gasteiger partial charge in [0.25, 0.3) is 5.91 Å². The number of carbonyl (C=O) groups is 2. The Balaban J connectivity index is 1.15. The molecule has 0 spiro atoms. The van der Waals surface area contributed by atoms with Crippen molar-refractivity contribution in [2.24, 2.45) is 17.8 Å². The maximum absolute atomic E-state index is 13.3. The van der Waals surface area contributed by atoms with Crippen molar-refractivity contribution < 1.29 is 9.59 Å². The normalized spacial score (nSPS) is 23.1. The fraction of sp³-hybridized carbons (Fsp3) is 0.581. The number of fused-ring (bicyclic) bond motifs is 1. The Kier molecular flexibility index (Phi) is 8.23. The van der Waals surface area contributed by atoms with Gasteiger partial charge in [-0.1, -0.05) is 49.6 Å². The van der Waals surface area contributed by atoms with E-state index in [0.717, 1.165) is 56.0 Å². The Labute approximate surface area is 221 Å². The summed E-state index contributed by atoms with van der Waals surface area (Å²) in [6.45, 7) is 8.59. The molecule has 1 aliphatic carbocycles. The monoisotopic (exact) mass is 502 g/mol. The largest absolute Gasteiger partial charge is 0.349 e. The van der Waals surface area contributed by atoms with E-state index in [-0.39, 0.29) is 17.9 Å². The molecular formula is C31H42N4O2. The molecule has 2 aliphatic heterocycles. The molecule has 1 aromatic carbocycles. The highest BCUT2D eigenvalue weighted by Crippen LogP contribution is 2.33. The lowest BCUT2D eigenvalue weighted by Gasteiger charge is -2.26. The maximum Gasteiger partial charge on any atom is 0.255 e. The van der Waals surface area contributed by atoms with Crippen LogP contribution < -0.4 is 5.32 Å². The van der Waals surface area contributed by atoms with Gasteiger partial charge in [-0.05, 0) is 68.1 Å². The van der Waals surface area contributed by atoms with Crippen LogP contribution in [0.1, 0.15) is 78.2 Å².